The van der Waals surface area contributed by atoms with E-state index >= 15 is 0 Å². The maximum absolute atomic E-state index is 12.4. The highest BCUT2D eigenvalue weighted by atomic mass is 32.2. The Kier molecular flexibility index (Phi) is 6.28. The van der Waals surface area contributed by atoms with Crippen molar-refractivity contribution < 1.29 is 23.1 Å². The summed E-state index contributed by atoms with van der Waals surface area (Å²) in [7, 11) is -2.19. The van der Waals surface area contributed by atoms with E-state index in [1.165, 1.54) is 42.5 Å². The zero-order valence-electron chi connectivity index (χ0n) is 13.7. The van der Waals surface area contributed by atoms with E-state index < -0.39 is 27.9 Å². The molecule has 1 rings (SSSR count). The number of rotatable bonds is 7. The number of carbonyl (C=O) groups excluding carboxylic acids is 1. The van der Waals surface area contributed by atoms with E-state index in [1.54, 1.807) is 13.8 Å². The predicted octanol–water partition coefficient (Wildman–Crippen LogP) is 1.26. The standard InChI is InChI=1S/C15H22N2O5S/c1-5-17(6-2)23(21,22)13-9-7-12(8-10-13)14(18)16(4)11(3)15(19)20/h7-11H,5-6H2,1-4H3,(H,19,20). The van der Waals surface area contributed by atoms with Gasteiger partial charge in [-0.1, -0.05) is 13.8 Å². The normalized spacial score (nSPS) is 12.9. The van der Waals surface area contributed by atoms with E-state index in [4.69, 9.17) is 5.11 Å². The highest BCUT2D eigenvalue weighted by Gasteiger charge is 2.24. The van der Waals surface area contributed by atoms with Crippen LogP contribution in [-0.2, 0) is 14.8 Å². The molecule has 1 aromatic carbocycles. The molecule has 1 atom stereocenters. The molecule has 0 aromatic heterocycles. The van der Waals surface area contributed by atoms with Crippen LogP contribution in [0.25, 0.3) is 0 Å². The van der Waals surface area contributed by atoms with Gasteiger partial charge in [0.2, 0.25) is 10.0 Å². The van der Waals surface area contributed by atoms with Crippen molar-refractivity contribution in [1.82, 2.24) is 9.21 Å². The van der Waals surface area contributed by atoms with Crippen LogP contribution in [0.15, 0.2) is 29.2 Å². The summed E-state index contributed by atoms with van der Waals surface area (Å²) >= 11 is 0. The first-order valence-corrected chi connectivity index (χ1v) is 8.71. The van der Waals surface area contributed by atoms with Crippen LogP contribution in [0.4, 0.5) is 0 Å². The molecule has 0 bridgehead atoms. The summed E-state index contributed by atoms with van der Waals surface area (Å²) in [6.45, 7) is 5.62. The van der Waals surface area contributed by atoms with Gasteiger partial charge in [0, 0.05) is 25.7 Å². The number of hydrogen-bond acceptors (Lipinski definition) is 4. The van der Waals surface area contributed by atoms with Crippen LogP contribution in [0.5, 0.6) is 0 Å². The first kappa shape index (κ1) is 19.1. The lowest BCUT2D eigenvalue weighted by atomic mass is 10.2. The van der Waals surface area contributed by atoms with Crippen molar-refractivity contribution in [3.63, 3.8) is 0 Å². The van der Waals surface area contributed by atoms with Crippen LogP contribution in [0, 0.1) is 0 Å². The molecule has 128 valence electrons. The Balaban J connectivity index is 3.05. The highest BCUT2D eigenvalue weighted by Crippen LogP contribution is 2.17. The van der Waals surface area contributed by atoms with Crippen molar-refractivity contribution in [2.45, 2.75) is 31.7 Å². The van der Waals surface area contributed by atoms with E-state index in [0.29, 0.717) is 13.1 Å². The molecule has 1 unspecified atom stereocenters. The quantitative estimate of drug-likeness (QED) is 0.805. The number of nitrogens with zero attached hydrogens (tertiary/aromatic N) is 2. The molecular weight excluding hydrogens is 320 g/mol. The zero-order valence-corrected chi connectivity index (χ0v) is 14.5. The molecule has 0 saturated heterocycles. The van der Waals surface area contributed by atoms with Crippen LogP contribution in [-0.4, -0.2) is 60.8 Å². The fraction of sp³-hybridized carbons (Fsp3) is 0.467. The topological polar surface area (TPSA) is 95.0 Å². The summed E-state index contributed by atoms with van der Waals surface area (Å²) in [6.07, 6.45) is 0. The van der Waals surface area contributed by atoms with Crippen molar-refractivity contribution in [2.75, 3.05) is 20.1 Å². The number of amides is 1. The third kappa shape index (κ3) is 4.08. The van der Waals surface area contributed by atoms with E-state index in [1.807, 2.05) is 0 Å². The Hall–Kier alpha value is -1.93. The van der Waals surface area contributed by atoms with Gasteiger partial charge in [0.05, 0.1) is 4.90 Å². The maximum Gasteiger partial charge on any atom is 0.326 e. The van der Waals surface area contributed by atoms with Gasteiger partial charge in [-0.05, 0) is 31.2 Å². The number of carbonyl (C=O) groups is 2. The number of carboxylic acid groups (broad SMARTS) is 1. The first-order chi connectivity index (χ1) is 10.7. The van der Waals surface area contributed by atoms with Gasteiger partial charge in [-0.3, -0.25) is 4.79 Å². The van der Waals surface area contributed by atoms with Gasteiger partial charge in [0.25, 0.3) is 5.91 Å². The monoisotopic (exact) mass is 342 g/mol. The lowest BCUT2D eigenvalue weighted by Gasteiger charge is -2.22. The molecule has 0 aliphatic heterocycles. The van der Waals surface area contributed by atoms with Gasteiger partial charge in [-0.2, -0.15) is 4.31 Å². The van der Waals surface area contributed by atoms with Crippen molar-refractivity contribution in [3.05, 3.63) is 29.8 Å². The number of likely N-dealkylation sites (N-methyl/N-ethyl adjacent to an activating group) is 1. The zero-order chi connectivity index (χ0) is 17.8. The SMILES string of the molecule is CCN(CC)S(=O)(=O)c1ccc(C(=O)N(C)C(C)C(=O)O)cc1. The number of hydrogen-bond donors (Lipinski definition) is 1. The third-order valence-corrected chi connectivity index (χ3v) is 5.77. The smallest absolute Gasteiger partial charge is 0.326 e. The van der Waals surface area contributed by atoms with Crippen molar-refractivity contribution in [1.29, 1.82) is 0 Å². The molecule has 1 N–H and O–H groups in total. The Morgan fingerprint density at radius 3 is 2.00 bits per heavy atom. The molecule has 0 spiro atoms. The molecule has 0 fully saturated rings. The summed E-state index contributed by atoms with van der Waals surface area (Å²) in [5.41, 5.74) is 0.235. The largest absolute Gasteiger partial charge is 0.480 e. The Labute approximate surface area is 136 Å². The van der Waals surface area contributed by atoms with Crippen molar-refractivity contribution in [3.8, 4) is 0 Å². The molecule has 1 amide bonds. The summed E-state index contributed by atoms with van der Waals surface area (Å²) in [4.78, 5) is 24.3. The highest BCUT2D eigenvalue weighted by molar-refractivity contribution is 7.89. The fourth-order valence-electron chi connectivity index (χ4n) is 2.03. The summed E-state index contributed by atoms with van der Waals surface area (Å²) in [6, 6.07) is 4.54. The van der Waals surface area contributed by atoms with E-state index in [-0.39, 0.29) is 10.5 Å². The van der Waals surface area contributed by atoms with Gasteiger partial charge in [-0.25, -0.2) is 13.2 Å². The van der Waals surface area contributed by atoms with Crippen molar-refractivity contribution in [2.24, 2.45) is 0 Å². The van der Waals surface area contributed by atoms with Gasteiger partial charge in [0.15, 0.2) is 0 Å². The molecule has 0 heterocycles. The Morgan fingerprint density at radius 1 is 1.13 bits per heavy atom. The lowest BCUT2D eigenvalue weighted by Crippen LogP contribution is -2.40. The van der Waals surface area contributed by atoms with Crippen LogP contribution in [0.1, 0.15) is 31.1 Å². The molecule has 7 nitrogen and oxygen atoms in total. The molecule has 0 radical (unpaired) electrons. The lowest BCUT2D eigenvalue weighted by molar-refractivity contribution is -0.141. The predicted molar refractivity (Wildman–Crippen MR) is 85.7 cm³/mol. The number of aliphatic carboxylic acids is 1. The fourth-order valence-corrected chi connectivity index (χ4v) is 3.49. The van der Waals surface area contributed by atoms with Crippen molar-refractivity contribution >= 4 is 21.9 Å². The number of sulfonamides is 1. The molecule has 8 heteroatoms. The van der Waals surface area contributed by atoms with Crippen LogP contribution < -0.4 is 0 Å². The van der Waals surface area contributed by atoms with Gasteiger partial charge < -0.3 is 10.0 Å². The summed E-state index contributed by atoms with van der Waals surface area (Å²) < 4.78 is 26.0. The minimum absolute atomic E-state index is 0.103. The third-order valence-electron chi connectivity index (χ3n) is 3.70. The number of benzene rings is 1. The van der Waals surface area contributed by atoms with E-state index in [9.17, 15) is 18.0 Å². The average molecular weight is 342 g/mol. The second-order valence-electron chi connectivity index (χ2n) is 5.04. The Morgan fingerprint density at radius 2 is 1.61 bits per heavy atom. The van der Waals surface area contributed by atoms with E-state index in [2.05, 4.69) is 0 Å². The minimum Gasteiger partial charge on any atom is -0.480 e. The molecular formula is C15H22N2O5S. The molecule has 1 aromatic rings. The first-order valence-electron chi connectivity index (χ1n) is 7.26. The summed E-state index contributed by atoms with van der Waals surface area (Å²) in [5, 5.41) is 8.94. The minimum atomic E-state index is -3.58. The van der Waals surface area contributed by atoms with Crippen LogP contribution >= 0.6 is 0 Å². The van der Waals surface area contributed by atoms with Crippen LogP contribution in [0.3, 0.4) is 0 Å². The van der Waals surface area contributed by atoms with Gasteiger partial charge in [0.1, 0.15) is 6.04 Å². The Bertz CT molecular complexity index is 666. The second-order valence-corrected chi connectivity index (χ2v) is 6.98. The molecule has 23 heavy (non-hydrogen) atoms. The van der Waals surface area contributed by atoms with Gasteiger partial charge in [-0.15, -0.1) is 0 Å². The molecule has 0 aliphatic rings. The molecule has 0 aliphatic carbocycles. The second kappa shape index (κ2) is 7.56. The number of carboxylic acids is 1. The van der Waals surface area contributed by atoms with E-state index in [0.717, 1.165) is 4.90 Å². The van der Waals surface area contributed by atoms with Crippen LogP contribution in [0.2, 0.25) is 0 Å². The van der Waals surface area contributed by atoms with Gasteiger partial charge >= 0.3 is 5.97 Å². The summed E-state index contributed by atoms with van der Waals surface area (Å²) in [5.74, 6) is -1.59. The average Bonchev–Trinajstić information content (AvgIpc) is 2.53. The maximum atomic E-state index is 12.4. The molecule has 0 saturated carbocycles.